The van der Waals surface area contributed by atoms with Gasteiger partial charge in [0.2, 0.25) is 0 Å². The summed E-state index contributed by atoms with van der Waals surface area (Å²) in [5.41, 5.74) is 1.54. The minimum absolute atomic E-state index is 0.0246. The zero-order valence-corrected chi connectivity index (χ0v) is 15.9. The van der Waals surface area contributed by atoms with Crippen molar-refractivity contribution in [1.82, 2.24) is 9.97 Å². The summed E-state index contributed by atoms with van der Waals surface area (Å²) < 4.78 is 5.31. The van der Waals surface area contributed by atoms with Crippen LogP contribution in [0.1, 0.15) is 41.6 Å². The van der Waals surface area contributed by atoms with E-state index in [0.717, 1.165) is 0 Å². The highest BCUT2D eigenvalue weighted by Crippen LogP contribution is 2.19. The van der Waals surface area contributed by atoms with E-state index in [1.807, 2.05) is 12.1 Å². The highest BCUT2D eigenvalue weighted by molar-refractivity contribution is 6.33. The van der Waals surface area contributed by atoms with Gasteiger partial charge in [-0.2, -0.15) is 0 Å². The summed E-state index contributed by atoms with van der Waals surface area (Å²) in [7, 11) is 0. The Bertz CT molecular complexity index is 1010. The molecular formula is C20H18ClN3O3. The number of halogens is 1. The van der Waals surface area contributed by atoms with Gasteiger partial charge in [0.15, 0.2) is 10.8 Å². The van der Waals surface area contributed by atoms with Crippen LogP contribution in [0, 0.1) is 0 Å². The first kappa shape index (κ1) is 18.8. The van der Waals surface area contributed by atoms with E-state index in [0.29, 0.717) is 22.3 Å². The maximum absolute atomic E-state index is 12.5. The molecule has 0 bridgehead atoms. The number of ether oxygens (including phenoxy) is 1. The third kappa shape index (κ3) is 4.60. The van der Waals surface area contributed by atoms with Crippen molar-refractivity contribution in [1.29, 1.82) is 0 Å². The maximum atomic E-state index is 12.5. The molecule has 138 valence electrons. The standard InChI is InChI=1S/C20H18ClN3O3/c1-20(2,3)27-19(26)12-8-10-13(11-9-12)22-18(25)16-17(21)24-15-7-5-4-6-14(15)23-16/h4-11H,1-3H3,(H,22,25). The zero-order chi connectivity index (χ0) is 19.6. The summed E-state index contributed by atoms with van der Waals surface area (Å²) in [6, 6.07) is 13.5. The normalized spacial score (nSPS) is 11.3. The Labute approximate surface area is 161 Å². The van der Waals surface area contributed by atoms with E-state index in [1.165, 1.54) is 0 Å². The number of benzene rings is 2. The van der Waals surface area contributed by atoms with Crippen LogP contribution >= 0.6 is 11.6 Å². The fourth-order valence-corrected chi connectivity index (χ4v) is 2.56. The maximum Gasteiger partial charge on any atom is 0.338 e. The average Bonchev–Trinajstić information content (AvgIpc) is 2.60. The summed E-state index contributed by atoms with van der Waals surface area (Å²) in [4.78, 5) is 33.0. The van der Waals surface area contributed by atoms with Gasteiger partial charge in [0.05, 0.1) is 16.6 Å². The number of aromatic nitrogens is 2. The topological polar surface area (TPSA) is 81.2 Å². The van der Waals surface area contributed by atoms with Gasteiger partial charge in [0, 0.05) is 5.69 Å². The van der Waals surface area contributed by atoms with Crippen LogP contribution < -0.4 is 5.32 Å². The highest BCUT2D eigenvalue weighted by atomic mass is 35.5. The number of hydrogen-bond acceptors (Lipinski definition) is 5. The molecule has 2 aromatic carbocycles. The quantitative estimate of drug-likeness (QED) is 0.674. The summed E-state index contributed by atoms with van der Waals surface area (Å²) in [5, 5.41) is 2.72. The van der Waals surface area contributed by atoms with Crippen LogP contribution in [0.5, 0.6) is 0 Å². The van der Waals surface area contributed by atoms with Gasteiger partial charge in [-0.3, -0.25) is 4.79 Å². The highest BCUT2D eigenvalue weighted by Gasteiger charge is 2.18. The molecule has 3 aromatic rings. The molecule has 0 unspecified atom stereocenters. The number of esters is 1. The molecule has 0 saturated heterocycles. The number of carbonyl (C=O) groups excluding carboxylic acids is 2. The van der Waals surface area contributed by atoms with Crippen LogP contribution in [-0.4, -0.2) is 27.4 Å². The molecule has 0 aliphatic carbocycles. The third-order valence-electron chi connectivity index (χ3n) is 3.52. The first-order valence-corrected chi connectivity index (χ1v) is 8.68. The molecule has 27 heavy (non-hydrogen) atoms. The number of fused-ring (bicyclic) bond motifs is 1. The lowest BCUT2D eigenvalue weighted by molar-refractivity contribution is 0.00695. The number of anilines is 1. The third-order valence-corrected chi connectivity index (χ3v) is 3.78. The fraction of sp³-hybridized carbons (Fsp3) is 0.200. The molecule has 1 N–H and O–H groups in total. The number of para-hydroxylation sites is 2. The molecular weight excluding hydrogens is 366 g/mol. The minimum atomic E-state index is -0.574. The second-order valence-corrected chi connectivity index (χ2v) is 7.24. The molecule has 1 aromatic heterocycles. The molecule has 0 saturated carbocycles. The molecule has 0 radical (unpaired) electrons. The molecule has 1 heterocycles. The van der Waals surface area contributed by atoms with Crippen LogP contribution in [0.2, 0.25) is 5.15 Å². The van der Waals surface area contributed by atoms with Crippen LogP contribution in [0.3, 0.4) is 0 Å². The summed E-state index contributed by atoms with van der Waals surface area (Å²) in [5.74, 6) is -0.910. The lowest BCUT2D eigenvalue weighted by atomic mass is 10.1. The molecule has 6 nitrogen and oxygen atoms in total. The van der Waals surface area contributed by atoms with Gasteiger partial charge < -0.3 is 10.1 Å². The summed E-state index contributed by atoms with van der Waals surface area (Å²) in [6.07, 6.45) is 0. The van der Waals surface area contributed by atoms with Crippen molar-refractivity contribution in [2.45, 2.75) is 26.4 Å². The van der Waals surface area contributed by atoms with Gasteiger partial charge >= 0.3 is 5.97 Å². The molecule has 0 spiro atoms. The van der Waals surface area contributed by atoms with E-state index < -0.39 is 17.5 Å². The second kappa shape index (κ2) is 7.32. The van der Waals surface area contributed by atoms with Crippen molar-refractivity contribution in [2.24, 2.45) is 0 Å². The van der Waals surface area contributed by atoms with Crippen LogP contribution in [0.25, 0.3) is 11.0 Å². The Balaban J connectivity index is 1.76. The number of nitrogens with one attached hydrogen (secondary N) is 1. The van der Waals surface area contributed by atoms with Gasteiger partial charge in [-0.15, -0.1) is 0 Å². The van der Waals surface area contributed by atoms with Crippen molar-refractivity contribution in [3.8, 4) is 0 Å². The van der Waals surface area contributed by atoms with E-state index >= 15 is 0 Å². The van der Waals surface area contributed by atoms with Crippen LogP contribution in [0.4, 0.5) is 5.69 Å². The van der Waals surface area contributed by atoms with Crippen molar-refractivity contribution < 1.29 is 14.3 Å². The van der Waals surface area contributed by atoms with Gasteiger partial charge in [-0.1, -0.05) is 23.7 Å². The van der Waals surface area contributed by atoms with Crippen molar-refractivity contribution in [2.75, 3.05) is 5.32 Å². The molecule has 0 atom stereocenters. The van der Waals surface area contributed by atoms with E-state index in [-0.39, 0.29) is 10.8 Å². The van der Waals surface area contributed by atoms with Crippen LogP contribution in [-0.2, 0) is 4.74 Å². The Morgan fingerprint density at radius 2 is 1.56 bits per heavy atom. The Hall–Kier alpha value is -2.99. The van der Waals surface area contributed by atoms with E-state index in [1.54, 1.807) is 57.2 Å². The lowest BCUT2D eigenvalue weighted by Crippen LogP contribution is -2.23. The Morgan fingerprint density at radius 1 is 0.963 bits per heavy atom. The first-order chi connectivity index (χ1) is 12.7. The largest absolute Gasteiger partial charge is 0.456 e. The van der Waals surface area contributed by atoms with E-state index in [9.17, 15) is 9.59 Å². The number of carbonyl (C=O) groups is 2. The van der Waals surface area contributed by atoms with E-state index in [4.69, 9.17) is 16.3 Å². The van der Waals surface area contributed by atoms with Gasteiger partial charge in [-0.25, -0.2) is 14.8 Å². The molecule has 0 aliphatic rings. The van der Waals surface area contributed by atoms with Gasteiger partial charge in [0.25, 0.3) is 5.91 Å². The summed E-state index contributed by atoms with van der Waals surface area (Å²) in [6.45, 7) is 5.40. The smallest absolute Gasteiger partial charge is 0.338 e. The molecule has 7 heteroatoms. The summed E-state index contributed by atoms with van der Waals surface area (Å²) >= 11 is 6.10. The zero-order valence-electron chi connectivity index (χ0n) is 15.1. The van der Waals surface area contributed by atoms with Gasteiger partial charge in [0.1, 0.15) is 5.60 Å². The number of nitrogens with zero attached hydrogens (tertiary/aromatic N) is 2. The fourth-order valence-electron chi connectivity index (χ4n) is 2.34. The predicted octanol–water partition coefficient (Wildman–Crippen LogP) is 4.49. The number of hydrogen-bond donors (Lipinski definition) is 1. The second-order valence-electron chi connectivity index (χ2n) is 6.89. The Morgan fingerprint density at radius 3 is 2.15 bits per heavy atom. The van der Waals surface area contributed by atoms with Crippen molar-refractivity contribution >= 4 is 40.2 Å². The predicted molar refractivity (Wildman–Crippen MR) is 104 cm³/mol. The number of amides is 1. The lowest BCUT2D eigenvalue weighted by Gasteiger charge is -2.19. The molecule has 1 amide bonds. The van der Waals surface area contributed by atoms with Crippen LogP contribution in [0.15, 0.2) is 48.5 Å². The van der Waals surface area contributed by atoms with Crippen molar-refractivity contribution in [3.63, 3.8) is 0 Å². The molecule has 0 fully saturated rings. The average molecular weight is 384 g/mol. The first-order valence-electron chi connectivity index (χ1n) is 8.30. The monoisotopic (exact) mass is 383 g/mol. The number of rotatable bonds is 3. The molecule has 0 aliphatic heterocycles. The Kier molecular flexibility index (Phi) is 5.10. The molecule has 3 rings (SSSR count). The SMILES string of the molecule is CC(C)(C)OC(=O)c1ccc(NC(=O)c2nc3ccccc3nc2Cl)cc1. The van der Waals surface area contributed by atoms with E-state index in [2.05, 4.69) is 15.3 Å². The minimum Gasteiger partial charge on any atom is -0.456 e. The van der Waals surface area contributed by atoms with Crippen molar-refractivity contribution in [3.05, 3.63) is 64.9 Å². The van der Waals surface area contributed by atoms with Gasteiger partial charge in [-0.05, 0) is 57.2 Å².